The Morgan fingerprint density at radius 2 is 1.56 bits per heavy atom. The lowest BCUT2D eigenvalue weighted by Crippen LogP contribution is -1.76. The molecule has 0 bridgehead atoms. The van der Waals surface area contributed by atoms with Gasteiger partial charge >= 0.3 is 0 Å². The fourth-order valence-electron chi connectivity index (χ4n) is 2.10. The molecular weight excluding hydrogens is 228 g/mol. The molecule has 0 saturated carbocycles. The third kappa shape index (κ3) is 1.61. The number of phenolic OH excluding ortho intramolecular Hbond substituents is 2. The molecule has 0 aliphatic rings. The molecule has 2 aromatic carbocycles. The molecule has 3 rings (SSSR count). The maximum atomic E-state index is 9.50. The zero-order valence-electron chi connectivity index (χ0n) is 9.84. The third-order valence-corrected chi connectivity index (χ3v) is 3.05. The van der Waals surface area contributed by atoms with Crippen molar-refractivity contribution in [2.75, 3.05) is 0 Å². The van der Waals surface area contributed by atoms with Gasteiger partial charge in [-0.2, -0.15) is 0 Å². The van der Waals surface area contributed by atoms with Gasteiger partial charge in [0.25, 0.3) is 0 Å². The van der Waals surface area contributed by atoms with Gasteiger partial charge in [-0.25, -0.2) is 0 Å². The van der Waals surface area contributed by atoms with Gasteiger partial charge in [-0.05, 0) is 49.4 Å². The lowest BCUT2D eigenvalue weighted by atomic mass is 10.1. The summed E-state index contributed by atoms with van der Waals surface area (Å²) in [5.41, 5.74) is 2.63. The number of hydrogen-bond donors (Lipinski definition) is 2. The Morgan fingerprint density at radius 3 is 2.28 bits per heavy atom. The van der Waals surface area contributed by atoms with Crippen LogP contribution in [0.4, 0.5) is 0 Å². The molecule has 1 aromatic heterocycles. The van der Waals surface area contributed by atoms with Crippen LogP contribution < -0.4 is 0 Å². The number of phenols is 2. The van der Waals surface area contributed by atoms with E-state index >= 15 is 0 Å². The van der Waals surface area contributed by atoms with E-state index in [9.17, 15) is 10.2 Å². The molecule has 0 saturated heterocycles. The van der Waals surface area contributed by atoms with Gasteiger partial charge in [-0.15, -0.1) is 0 Å². The monoisotopic (exact) mass is 240 g/mol. The van der Waals surface area contributed by atoms with E-state index in [4.69, 9.17) is 4.42 Å². The second-order valence-corrected chi connectivity index (χ2v) is 4.28. The molecule has 3 nitrogen and oxygen atoms in total. The molecule has 0 amide bonds. The van der Waals surface area contributed by atoms with Crippen molar-refractivity contribution >= 4 is 11.0 Å². The van der Waals surface area contributed by atoms with Crippen molar-refractivity contribution < 1.29 is 14.6 Å². The second-order valence-electron chi connectivity index (χ2n) is 4.28. The summed E-state index contributed by atoms with van der Waals surface area (Å²) in [5.74, 6) is 1.21. The van der Waals surface area contributed by atoms with E-state index in [0.29, 0.717) is 0 Å². The van der Waals surface area contributed by atoms with Gasteiger partial charge in [-0.3, -0.25) is 0 Å². The highest BCUT2D eigenvalue weighted by Gasteiger charge is 2.12. The van der Waals surface area contributed by atoms with Crippen molar-refractivity contribution in [2.24, 2.45) is 0 Å². The van der Waals surface area contributed by atoms with E-state index in [1.54, 1.807) is 42.5 Å². The minimum atomic E-state index is 0.226. The summed E-state index contributed by atoms with van der Waals surface area (Å²) in [6, 6.07) is 11.9. The number of benzene rings is 2. The van der Waals surface area contributed by atoms with E-state index in [2.05, 4.69) is 0 Å². The maximum absolute atomic E-state index is 9.50. The molecule has 3 aromatic rings. The first-order chi connectivity index (χ1) is 8.65. The highest BCUT2D eigenvalue weighted by Crippen LogP contribution is 2.34. The summed E-state index contributed by atoms with van der Waals surface area (Å²) < 4.78 is 5.79. The van der Waals surface area contributed by atoms with Crippen LogP contribution in [0.5, 0.6) is 11.5 Å². The minimum Gasteiger partial charge on any atom is -0.508 e. The normalized spacial score (nSPS) is 10.9. The van der Waals surface area contributed by atoms with Crippen LogP contribution in [0.25, 0.3) is 22.3 Å². The van der Waals surface area contributed by atoms with Crippen molar-refractivity contribution in [1.29, 1.82) is 0 Å². The minimum absolute atomic E-state index is 0.226. The Balaban J connectivity index is 2.23. The SMILES string of the molecule is Cc1c(-c2ccc(O)cc2)oc2ccc(O)cc12. The molecule has 90 valence electrons. The Bertz CT molecular complexity index is 708. The summed E-state index contributed by atoms with van der Waals surface area (Å²) in [5, 5.41) is 19.7. The van der Waals surface area contributed by atoms with Crippen molar-refractivity contribution in [3.05, 3.63) is 48.0 Å². The first-order valence-electron chi connectivity index (χ1n) is 5.66. The van der Waals surface area contributed by atoms with Crippen molar-refractivity contribution in [2.45, 2.75) is 6.92 Å². The summed E-state index contributed by atoms with van der Waals surface area (Å²) >= 11 is 0. The van der Waals surface area contributed by atoms with E-state index in [1.807, 2.05) is 6.92 Å². The molecule has 1 heterocycles. The topological polar surface area (TPSA) is 53.6 Å². The lowest BCUT2D eigenvalue weighted by Gasteiger charge is -1.98. The number of aromatic hydroxyl groups is 2. The summed E-state index contributed by atoms with van der Waals surface area (Å²) in [6.45, 7) is 1.95. The highest BCUT2D eigenvalue weighted by atomic mass is 16.3. The second kappa shape index (κ2) is 3.81. The number of aryl methyl sites for hydroxylation is 1. The molecule has 0 aliphatic heterocycles. The molecule has 0 unspecified atom stereocenters. The quantitative estimate of drug-likeness (QED) is 0.679. The molecule has 0 radical (unpaired) electrons. The number of fused-ring (bicyclic) bond motifs is 1. The predicted octanol–water partition coefficient (Wildman–Crippen LogP) is 3.82. The molecule has 0 aliphatic carbocycles. The Labute approximate surface area is 104 Å². The largest absolute Gasteiger partial charge is 0.508 e. The van der Waals surface area contributed by atoms with Crippen molar-refractivity contribution in [3.63, 3.8) is 0 Å². The van der Waals surface area contributed by atoms with Crippen LogP contribution in [-0.2, 0) is 0 Å². The van der Waals surface area contributed by atoms with Crippen molar-refractivity contribution in [1.82, 2.24) is 0 Å². The summed E-state index contributed by atoms with van der Waals surface area (Å²) in [6.07, 6.45) is 0. The molecule has 0 fully saturated rings. The Kier molecular flexibility index (Phi) is 2.27. The van der Waals surface area contributed by atoms with E-state index in [0.717, 1.165) is 27.9 Å². The number of rotatable bonds is 1. The van der Waals surface area contributed by atoms with Gasteiger partial charge in [0.2, 0.25) is 0 Å². The fourth-order valence-corrected chi connectivity index (χ4v) is 2.10. The zero-order chi connectivity index (χ0) is 12.7. The molecule has 18 heavy (non-hydrogen) atoms. The van der Waals surface area contributed by atoms with Gasteiger partial charge in [-0.1, -0.05) is 0 Å². The first kappa shape index (κ1) is 10.7. The van der Waals surface area contributed by atoms with Gasteiger partial charge in [0, 0.05) is 16.5 Å². The van der Waals surface area contributed by atoms with Crippen LogP contribution in [0, 0.1) is 6.92 Å². The third-order valence-electron chi connectivity index (χ3n) is 3.05. The van der Waals surface area contributed by atoms with Crippen LogP contribution in [0.3, 0.4) is 0 Å². The molecule has 3 heteroatoms. The Morgan fingerprint density at radius 1 is 0.889 bits per heavy atom. The van der Waals surface area contributed by atoms with E-state index in [-0.39, 0.29) is 11.5 Å². The summed E-state index contributed by atoms with van der Waals surface area (Å²) in [7, 11) is 0. The molecule has 0 spiro atoms. The van der Waals surface area contributed by atoms with Gasteiger partial charge in [0.05, 0.1) is 0 Å². The standard InChI is InChI=1S/C15H12O3/c1-9-13-8-12(17)6-7-14(13)18-15(9)10-2-4-11(16)5-3-10/h2-8,16-17H,1H3. The van der Waals surface area contributed by atoms with E-state index < -0.39 is 0 Å². The van der Waals surface area contributed by atoms with Crippen LogP contribution in [-0.4, -0.2) is 10.2 Å². The van der Waals surface area contributed by atoms with Gasteiger partial charge in [0.15, 0.2) is 0 Å². The van der Waals surface area contributed by atoms with Gasteiger partial charge < -0.3 is 14.6 Å². The highest BCUT2D eigenvalue weighted by molar-refractivity contribution is 5.88. The van der Waals surface area contributed by atoms with Crippen molar-refractivity contribution in [3.8, 4) is 22.8 Å². The average Bonchev–Trinajstić information content (AvgIpc) is 2.68. The maximum Gasteiger partial charge on any atom is 0.138 e. The number of furan rings is 1. The average molecular weight is 240 g/mol. The van der Waals surface area contributed by atoms with Crippen LogP contribution in [0.2, 0.25) is 0 Å². The van der Waals surface area contributed by atoms with Gasteiger partial charge in [0.1, 0.15) is 22.8 Å². The van der Waals surface area contributed by atoms with E-state index in [1.165, 1.54) is 0 Å². The zero-order valence-corrected chi connectivity index (χ0v) is 9.84. The fraction of sp³-hybridized carbons (Fsp3) is 0.0667. The predicted molar refractivity (Wildman–Crippen MR) is 69.7 cm³/mol. The first-order valence-corrected chi connectivity index (χ1v) is 5.66. The molecular formula is C15H12O3. The Hall–Kier alpha value is -2.42. The van der Waals surface area contributed by atoms with Crippen LogP contribution in [0.1, 0.15) is 5.56 Å². The lowest BCUT2D eigenvalue weighted by molar-refractivity contribution is 0.475. The summed E-state index contributed by atoms with van der Waals surface area (Å²) in [4.78, 5) is 0. The smallest absolute Gasteiger partial charge is 0.138 e. The molecule has 2 N–H and O–H groups in total. The van der Waals surface area contributed by atoms with Crippen LogP contribution in [0.15, 0.2) is 46.9 Å². The van der Waals surface area contributed by atoms with Crippen LogP contribution >= 0.6 is 0 Å². The molecule has 0 atom stereocenters. The number of hydrogen-bond acceptors (Lipinski definition) is 3.